The molecule has 0 aromatic heterocycles. The van der Waals surface area contributed by atoms with Crippen molar-refractivity contribution in [2.75, 3.05) is 14.1 Å². The number of carbonyl (C=O) groups excluding carboxylic acids is 1. The van der Waals surface area contributed by atoms with E-state index in [9.17, 15) is 4.79 Å². The Labute approximate surface area is 146 Å². The number of rotatable bonds is 6. The van der Waals surface area contributed by atoms with E-state index in [0.29, 0.717) is 6.54 Å². The van der Waals surface area contributed by atoms with Crippen molar-refractivity contribution in [3.63, 3.8) is 0 Å². The molecule has 0 radical (unpaired) electrons. The predicted octanol–water partition coefficient (Wildman–Crippen LogP) is 3.84. The van der Waals surface area contributed by atoms with Gasteiger partial charge in [0.25, 0.3) is 0 Å². The molecule has 0 unspecified atom stereocenters. The van der Waals surface area contributed by atoms with Crippen LogP contribution in [0.5, 0.6) is 0 Å². The molecule has 23 heavy (non-hydrogen) atoms. The van der Waals surface area contributed by atoms with Gasteiger partial charge in [0.15, 0.2) is 0 Å². The zero-order chi connectivity index (χ0) is 16.7. The highest BCUT2D eigenvalue weighted by molar-refractivity contribution is 9.10. The summed E-state index contributed by atoms with van der Waals surface area (Å²) in [5, 5.41) is 2.94. The molecule has 2 rings (SSSR count). The molecule has 0 heterocycles. The van der Waals surface area contributed by atoms with E-state index in [-0.39, 0.29) is 5.91 Å². The average Bonchev–Trinajstić information content (AvgIpc) is 2.53. The standard InChI is InChI=1S/C19H21BrN2O/c1-22(2)14-17-6-4-3-5-16(17)13-21-19(23)12-9-15-7-10-18(20)11-8-15/h3-12H,13-14H2,1-2H3,(H,21,23)/b12-9+. The van der Waals surface area contributed by atoms with Crippen LogP contribution in [0.4, 0.5) is 0 Å². The van der Waals surface area contributed by atoms with Crippen molar-refractivity contribution < 1.29 is 4.79 Å². The molecule has 0 bridgehead atoms. The molecule has 0 fully saturated rings. The number of carbonyl (C=O) groups is 1. The molecule has 2 aromatic carbocycles. The molecule has 0 saturated heterocycles. The van der Waals surface area contributed by atoms with Gasteiger partial charge < -0.3 is 10.2 Å². The maximum Gasteiger partial charge on any atom is 0.244 e. The van der Waals surface area contributed by atoms with Crippen LogP contribution in [0.1, 0.15) is 16.7 Å². The van der Waals surface area contributed by atoms with Crippen LogP contribution in [0.3, 0.4) is 0 Å². The highest BCUT2D eigenvalue weighted by atomic mass is 79.9. The van der Waals surface area contributed by atoms with Crippen LogP contribution in [0.15, 0.2) is 59.1 Å². The molecule has 0 aliphatic carbocycles. The Bertz CT molecular complexity index is 678. The summed E-state index contributed by atoms with van der Waals surface area (Å²) >= 11 is 3.39. The Morgan fingerprint density at radius 1 is 1.09 bits per heavy atom. The summed E-state index contributed by atoms with van der Waals surface area (Å²) in [7, 11) is 4.08. The first kappa shape index (κ1) is 17.4. The van der Waals surface area contributed by atoms with Crippen molar-refractivity contribution in [3.05, 3.63) is 75.8 Å². The van der Waals surface area contributed by atoms with Crippen molar-refractivity contribution in [1.29, 1.82) is 0 Å². The van der Waals surface area contributed by atoms with Gasteiger partial charge in [-0.25, -0.2) is 0 Å². The van der Waals surface area contributed by atoms with Crippen molar-refractivity contribution in [3.8, 4) is 0 Å². The molecule has 0 atom stereocenters. The van der Waals surface area contributed by atoms with Crippen LogP contribution in [0.25, 0.3) is 6.08 Å². The van der Waals surface area contributed by atoms with Gasteiger partial charge in [-0.1, -0.05) is 52.3 Å². The Hall–Kier alpha value is -1.91. The minimum absolute atomic E-state index is 0.0902. The summed E-state index contributed by atoms with van der Waals surface area (Å²) in [6.45, 7) is 1.40. The van der Waals surface area contributed by atoms with Gasteiger partial charge in [0.1, 0.15) is 0 Å². The topological polar surface area (TPSA) is 32.3 Å². The van der Waals surface area contributed by atoms with E-state index in [0.717, 1.165) is 22.1 Å². The molecule has 0 spiro atoms. The van der Waals surface area contributed by atoms with Crippen LogP contribution in [0, 0.1) is 0 Å². The lowest BCUT2D eigenvalue weighted by atomic mass is 10.1. The summed E-state index contributed by atoms with van der Waals surface area (Å²) in [5.41, 5.74) is 3.37. The molecule has 1 amide bonds. The third kappa shape index (κ3) is 6.00. The number of benzene rings is 2. The van der Waals surface area contributed by atoms with E-state index >= 15 is 0 Å². The monoisotopic (exact) mass is 372 g/mol. The highest BCUT2D eigenvalue weighted by Gasteiger charge is 2.04. The third-order valence-electron chi connectivity index (χ3n) is 3.36. The van der Waals surface area contributed by atoms with Crippen molar-refractivity contribution in [2.24, 2.45) is 0 Å². The maximum atomic E-state index is 12.0. The van der Waals surface area contributed by atoms with Crippen molar-refractivity contribution in [2.45, 2.75) is 13.1 Å². The fourth-order valence-corrected chi connectivity index (χ4v) is 2.48. The summed E-state index contributed by atoms with van der Waals surface area (Å²) in [4.78, 5) is 14.1. The summed E-state index contributed by atoms with van der Waals surface area (Å²) in [6, 6.07) is 16.0. The van der Waals surface area contributed by atoms with E-state index in [4.69, 9.17) is 0 Å². The number of halogens is 1. The average molecular weight is 373 g/mol. The first-order valence-corrected chi connectivity index (χ1v) is 8.27. The number of hydrogen-bond acceptors (Lipinski definition) is 2. The van der Waals surface area contributed by atoms with Gasteiger partial charge in [0, 0.05) is 23.6 Å². The van der Waals surface area contributed by atoms with Gasteiger partial charge in [-0.2, -0.15) is 0 Å². The van der Waals surface area contributed by atoms with Gasteiger partial charge in [-0.3, -0.25) is 4.79 Å². The first-order chi connectivity index (χ1) is 11.0. The van der Waals surface area contributed by atoms with Crippen LogP contribution < -0.4 is 5.32 Å². The summed E-state index contributed by atoms with van der Waals surface area (Å²) < 4.78 is 1.02. The Morgan fingerprint density at radius 2 is 1.74 bits per heavy atom. The minimum atomic E-state index is -0.0902. The molecule has 0 aliphatic heterocycles. The molecule has 120 valence electrons. The van der Waals surface area contributed by atoms with Crippen LogP contribution in [-0.2, 0) is 17.9 Å². The lowest BCUT2D eigenvalue weighted by Gasteiger charge is -2.14. The van der Waals surface area contributed by atoms with E-state index in [1.165, 1.54) is 5.56 Å². The molecule has 0 saturated carbocycles. The molecule has 2 aromatic rings. The molecular formula is C19H21BrN2O. The minimum Gasteiger partial charge on any atom is -0.348 e. The van der Waals surface area contributed by atoms with Crippen LogP contribution >= 0.6 is 15.9 Å². The van der Waals surface area contributed by atoms with E-state index in [2.05, 4.69) is 38.3 Å². The maximum absolute atomic E-state index is 12.0. The quantitative estimate of drug-likeness (QED) is 0.781. The van der Waals surface area contributed by atoms with Gasteiger partial charge in [0.05, 0.1) is 0 Å². The van der Waals surface area contributed by atoms with E-state index in [1.807, 2.05) is 56.6 Å². The number of nitrogens with one attached hydrogen (secondary N) is 1. The summed E-state index contributed by atoms with van der Waals surface area (Å²) in [5.74, 6) is -0.0902. The molecule has 0 aliphatic rings. The first-order valence-electron chi connectivity index (χ1n) is 7.47. The third-order valence-corrected chi connectivity index (χ3v) is 3.88. The fourth-order valence-electron chi connectivity index (χ4n) is 2.21. The van der Waals surface area contributed by atoms with Crippen molar-refractivity contribution >= 4 is 27.9 Å². The van der Waals surface area contributed by atoms with Crippen LogP contribution in [0.2, 0.25) is 0 Å². The van der Waals surface area contributed by atoms with Gasteiger partial charge in [-0.15, -0.1) is 0 Å². The lowest BCUT2D eigenvalue weighted by Crippen LogP contribution is -2.22. The number of nitrogens with zero attached hydrogens (tertiary/aromatic N) is 1. The second-order valence-corrected chi connectivity index (χ2v) is 6.52. The largest absolute Gasteiger partial charge is 0.348 e. The number of amides is 1. The van der Waals surface area contributed by atoms with Gasteiger partial charge >= 0.3 is 0 Å². The normalized spacial score (nSPS) is 11.1. The van der Waals surface area contributed by atoms with Crippen LogP contribution in [-0.4, -0.2) is 24.9 Å². The smallest absolute Gasteiger partial charge is 0.244 e. The van der Waals surface area contributed by atoms with Gasteiger partial charge in [0.2, 0.25) is 5.91 Å². The molecular weight excluding hydrogens is 352 g/mol. The Morgan fingerprint density at radius 3 is 2.39 bits per heavy atom. The van der Waals surface area contributed by atoms with E-state index < -0.39 is 0 Å². The molecule has 1 N–H and O–H groups in total. The highest BCUT2D eigenvalue weighted by Crippen LogP contribution is 2.12. The molecule has 4 heteroatoms. The second kappa shape index (κ2) is 8.65. The zero-order valence-corrected chi connectivity index (χ0v) is 15.0. The second-order valence-electron chi connectivity index (χ2n) is 5.61. The Balaban J connectivity index is 1.93. The van der Waals surface area contributed by atoms with E-state index in [1.54, 1.807) is 6.08 Å². The predicted molar refractivity (Wildman–Crippen MR) is 98.9 cm³/mol. The fraction of sp³-hybridized carbons (Fsp3) is 0.211. The lowest BCUT2D eigenvalue weighted by molar-refractivity contribution is -0.116. The van der Waals surface area contributed by atoms with Crippen molar-refractivity contribution in [1.82, 2.24) is 10.2 Å². The molecule has 3 nitrogen and oxygen atoms in total. The SMILES string of the molecule is CN(C)Cc1ccccc1CNC(=O)/C=C/c1ccc(Br)cc1. The Kier molecular flexibility index (Phi) is 6.56. The zero-order valence-electron chi connectivity index (χ0n) is 13.4. The van der Waals surface area contributed by atoms with Gasteiger partial charge in [-0.05, 0) is 49.0 Å². The number of hydrogen-bond donors (Lipinski definition) is 1. The summed E-state index contributed by atoms with van der Waals surface area (Å²) in [6.07, 6.45) is 3.38.